The van der Waals surface area contributed by atoms with Gasteiger partial charge in [0.25, 0.3) is 0 Å². The van der Waals surface area contributed by atoms with Crippen LogP contribution in [0.3, 0.4) is 0 Å². The Balaban J connectivity index is 1.32. The zero-order valence-electron chi connectivity index (χ0n) is 20.3. The van der Waals surface area contributed by atoms with Crippen LogP contribution >= 0.6 is 39.1 Å². The highest BCUT2D eigenvalue weighted by atomic mass is 79.9. The van der Waals surface area contributed by atoms with E-state index in [1.54, 1.807) is 6.07 Å². The summed E-state index contributed by atoms with van der Waals surface area (Å²) < 4.78 is 13.1. The monoisotopic (exact) mass is 565 g/mol. The third kappa shape index (κ3) is 4.98. The first-order valence-electron chi connectivity index (χ1n) is 12.4. The maximum Gasteiger partial charge on any atom is 0.162 e. The molecule has 6 rings (SSSR count). The van der Waals surface area contributed by atoms with Crippen molar-refractivity contribution < 1.29 is 9.47 Å². The molecule has 0 spiro atoms. The van der Waals surface area contributed by atoms with Gasteiger partial charge in [-0.25, -0.2) is 0 Å². The van der Waals surface area contributed by atoms with Gasteiger partial charge in [0.1, 0.15) is 6.61 Å². The highest BCUT2D eigenvalue weighted by molar-refractivity contribution is 9.10. The fourth-order valence-corrected chi connectivity index (χ4v) is 8.74. The van der Waals surface area contributed by atoms with Gasteiger partial charge in [-0.2, -0.15) is 0 Å². The second-order valence-electron chi connectivity index (χ2n) is 11.6. The van der Waals surface area contributed by atoms with Gasteiger partial charge in [0.15, 0.2) is 11.5 Å². The summed E-state index contributed by atoms with van der Waals surface area (Å²) in [5.41, 5.74) is 3.34. The Bertz CT molecular complexity index is 1070. The SMILES string of the molecule is CCOc1cc(CNC23CC4CC(C)(CC(C)(C4)C2)C3)c(Br)cc1OCc1ccc(Cl)cc1Cl. The molecule has 34 heavy (non-hydrogen) atoms. The standard InChI is InChI=1S/C28H34BrCl2NO2/c1-4-33-24-7-20(22(29)9-25(24)34-14-19-5-6-21(30)8-23(19)31)13-32-28-12-18-10-26(2,16-28)15-27(3,11-18)17-28/h5-9,18,32H,4,10-17H2,1-3H3. The van der Waals surface area contributed by atoms with Crippen molar-refractivity contribution in [2.24, 2.45) is 16.7 Å². The number of rotatable bonds is 8. The van der Waals surface area contributed by atoms with Crippen LogP contribution in [0.5, 0.6) is 11.5 Å². The van der Waals surface area contributed by atoms with Crippen molar-refractivity contribution in [1.82, 2.24) is 5.32 Å². The molecular weight excluding hydrogens is 533 g/mol. The van der Waals surface area contributed by atoms with E-state index in [1.807, 2.05) is 25.1 Å². The Labute approximate surface area is 222 Å². The maximum absolute atomic E-state index is 6.33. The molecule has 184 valence electrons. The summed E-state index contributed by atoms with van der Waals surface area (Å²) in [5.74, 6) is 2.34. The van der Waals surface area contributed by atoms with Crippen molar-refractivity contribution >= 4 is 39.1 Å². The molecule has 0 saturated heterocycles. The van der Waals surface area contributed by atoms with Gasteiger partial charge in [0.05, 0.1) is 6.61 Å². The minimum Gasteiger partial charge on any atom is -0.490 e. The largest absolute Gasteiger partial charge is 0.490 e. The summed E-state index contributed by atoms with van der Waals surface area (Å²) in [4.78, 5) is 0. The second-order valence-corrected chi connectivity index (χ2v) is 13.3. The predicted octanol–water partition coefficient (Wildman–Crippen LogP) is 8.57. The smallest absolute Gasteiger partial charge is 0.162 e. The number of ether oxygens (including phenoxy) is 2. The van der Waals surface area contributed by atoms with Gasteiger partial charge in [0.2, 0.25) is 0 Å². The van der Waals surface area contributed by atoms with E-state index in [2.05, 4.69) is 41.2 Å². The van der Waals surface area contributed by atoms with E-state index in [-0.39, 0.29) is 5.54 Å². The summed E-state index contributed by atoms with van der Waals surface area (Å²) in [6, 6.07) is 9.59. The van der Waals surface area contributed by atoms with Crippen LogP contribution < -0.4 is 14.8 Å². The lowest BCUT2D eigenvalue weighted by atomic mass is 9.43. The molecule has 0 aromatic heterocycles. The van der Waals surface area contributed by atoms with Crippen LogP contribution in [-0.4, -0.2) is 12.1 Å². The highest BCUT2D eigenvalue weighted by Crippen LogP contribution is 2.66. The second kappa shape index (κ2) is 9.18. The van der Waals surface area contributed by atoms with Gasteiger partial charge in [-0.1, -0.05) is 59.0 Å². The van der Waals surface area contributed by atoms with Crippen LogP contribution in [0.15, 0.2) is 34.8 Å². The molecule has 0 aliphatic heterocycles. The number of halogens is 3. The van der Waals surface area contributed by atoms with E-state index in [1.165, 1.54) is 44.1 Å². The molecule has 3 nitrogen and oxygen atoms in total. The molecular formula is C28H34BrCl2NO2. The van der Waals surface area contributed by atoms with Gasteiger partial charge in [0, 0.05) is 32.2 Å². The van der Waals surface area contributed by atoms with Crippen LogP contribution in [0.1, 0.15) is 70.4 Å². The quantitative estimate of drug-likeness (QED) is 0.347. The van der Waals surface area contributed by atoms with Crippen LogP contribution in [0.25, 0.3) is 0 Å². The molecule has 2 atom stereocenters. The topological polar surface area (TPSA) is 30.5 Å². The average Bonchev–Trinajstić information content (AvgIpc) is 2.71. The molecule has 1 N–H and O–H groups in total. The van der Waals surface area contributed by atoms with E-state index in [0.717, 1.165) is 28.2 Å². The molecule has 2 unspecified atom stereocenters. The van der Waals surface area contributed by atoms with Gasteiger partial charge in [-0.3, -0.25) is 0 Å². The van der Waals surface area contributed by atoms with Crippen molar-refractivity contribution in [2.75, 3.05) is 6.61 Å². The van der Waals surface area contributed by atoms with Crippen LogP contribution in [0.2, 0.25) is 10.0 Å². The highest BCUT2D eigenvalue weighted by Gasteiger charge is 2.59. The van der Waals surface area contributed by atoms with Crippen LogP contribution in [0.4, 0.5) is 0 Å². The van der Waals surface area contributed by atoms with Crippen LogP contribution in [-0.2, 0) is 13.2 Å². The van der Waals surface area contributed by atoms with Crippen molar-refractivity contribution in [3.05, 3.63) is 56.0 Å². The third-order valence-corrected chi connectivity index (χ3v) is 9.42. The summed E-state index contributed by atoms with van der Waals surface area (Å²) in [7, 11) is 0. The van der Waals surface area contributed by atoms with Gasteiger partial charge in [-0.15, -0.1) is 0 Å². The Morgan fingerprint density at radius 1 is 0.941 bits per heavy atom. The molecule has 4 bridgehead atoms. The summed E-state index contributed by atoms with van der Waals surface area (Å²) in [6.45, 7) is 8.79. The number of nitrogens with one attached hydrogen (secondary N) is 1. The molecule has 6 heteroatoms. The van der Waals surface area contributed by atoms with E-state index >= 15 is 0 Å². The maximum atomic E-state index is 6.33. The fraction of sp³-hybridized carbons (Fsp3) is 0.571. The molecule has 4 aliphatic carbocycles. The van der Waals surface area contributed by atoms with Gasteiger partial charge >= 0.3 is 0 Å². The lowest BCUT2D eigenvalue weighted by molar-refractivity contribution is -0.118. The molecule has 2 aromatic rings. The predicted molar refractivity (Wildman–Crippen MR) is 143 cm³/mol. The first kappa shape index (κ1) is 24.7. The normalized spacial score (nSPS) is 31.6. The first-order valence-corrected chi connectivity index (χ1v) is 13.9. The molecule has 0 amide bonds. The molecule has 4 fully saturated rings. The van der Waals surface area contributed by atoms with Gasteiger partial charge in [-0.05, 0) is 92.0 Å². The van der Waals surface area contributed by atoms with Crippen LogP contribution in [0, 0.1) is 16.7 Å². The molecule has 2 aromatic carbocycles. The van der Waals surface area contributed by atoms with Crippen molar-refractivity contribution in [3.63, 3.8) is 0 Å². The van der Waals surface area contributed by atoms with Crippen molar-refractivity contribution in [1.29, 1.82) is 0 Å². The third-order valence-electron chi connectivity index (χ3n) is 8.09. The number of benzene rings is 2. The fourth-order valence-electron chi connectivity index (χ4n) is 7.82. The van der Waals surface area contributed by atoms with Crippen molar-refractivity contribution in [3.8, 4) is 11.5 Å². The zero-order chi connectivity index (χ0) is 24.1. The first-order chi connectivity index (χ1) is 16.1. The molecule has 0 heterocycles. The Morgan fingerprint density at radius 2 is 1.65 bits per heavy atom. The minimum absolute atomic E-state index is 0.259. The van der Waals surface area contributed by atoms with E-state index in [4.69, 9.17) is 32.7 Å². The Kier molecular flexibility index (Phi) is 6.68. The van der Waals surface area contributed by atoms with Gasteiger partial charge < -0.3 is 14.8 Å². The summed E-state index contributed by atoms with van der Waals surface area (Å²) in [6.07, 6.45) is 8.12. The Hall–Kier alpha value is -0.940. The summed E-state index contributed by atoms with van der Waals surface area (Å²) in [5, 5.41) is 5.25. The van der Waals surface area contributed by atoms with E-state index < -0.39 is 0 Å². The molecule has 0 radical (unpaired) electrons. The zero-order valence-corrected chi connectivity index (χ0v) is 23.4. The number of hydrogen-bond donors (Lipinski definition) is 1. The summed E-state index contributed by atoms with van der Waals surface area (Å²) >= 11 is 16.2. The molecule has 4 saturated carbocycles. The average molecular weight is 567 g/mol. The van der Waals surface area contributed by atoms with E-state index in [9.17, 15) is 0 Å². The lowest BCUT2D eigenvalue weighted by Crippen LogP contribution is -2.63. The minimum atomic E-state index is 0.259. The lowest BCUT2D eigenvalue weighted by Gasteiger charge is -2.65. The van der Waals surface area contributed by atoms with Crippen molar-refractivity contribution in [2.45, 2.75) is 78.0 Å². The number of hydrogen-bond acceptors (Lipinski definition) is 3. The van der Waals surface area contributed by atoms with E-state index in [0.29, 0.717) is 39.8 Å². The molecule has 4 aliphatic rings. The Morgan fingerprint density at radius 3 is 2.29 bits per heavy atom.